The van der Waals surface area contributed by atoms with Gasteiger partial charge in [0.05, 0.1) is 0 Å². The number of para-hydroxylation sites is 1. The monoisotopic (exact) mass is 462 g/mol. The Hall–Kier alpha value is -1.92. The molecule has 0 aliphatic heterocycles. The van der Waals surface area contributed by atoms with Gasteiger partial charge < -0.3 is 20.9 Å². The normalized spacial score (nSPS) is 12.9. The molecule has 2 unspecified atom stereocenters. The molecule has 0 spiro atoms. The van der Waals surface area contributed by atoms with Gasteiger partial charge in [-0.15, -0.1) is 0 Å². The van der Waals surface area contributed by atoms with Gasteiger partial charge in [-0.1, -0.05) is 96.1 Å². The third kappa shape index (κ3) is 12.8. The fourth-order valence-electron chi connectivity index (χ4n) is 3.68. The summed E-state index contributed by atoms with van der Waals surface area (Å²) in [6.07, 6.45) is 17.5. The number of ether oxygens (including phenoxy) is 2. The van der Waals surface area contributed by atoms with Gasteiger partial charge in [-0.3, -0.25) is 0 Å². The van der Waals surface area contributed by atoms with Crippen molar-refractivity contribution in [1.29, 1.82) is 0 Å². The molecule has 1 aromatic rings. The molecule has 0 aliphatic rings. The number of rotatable bonds is 18. The van der Waals surface area contributed by atoms with E-state index in [0.29, 0.717) is 0 Å². The zero-order chi connectivity index (χ0) is 24.5. The molecule has 0 saturated heterocycles. The van der Waals surface area contributed by atoms with Gasteiger partial charge in [0.15, 0.2) is 11.5 Å². The van der Waals surface area contributed by atoms with E-state index in [4.69, 9.17) is 20.9 Å². The van der Waals surface area contributed by atoms with Gasteiger partial charge in [0.2, 0.25) is 0 Å². The molecule has 1 aromatic carbocycles. The molecule has 0 aromatic heterocycles. The summed E-state index contributed by atoms with van der Waals surface area (Å²) < 4.78 is 10.9. The summed E-state index contributed by atoms with van der Waals surface area (Å²) in [6.45, 7) is 5.37. The lowest BCUT2D eigenvalue weighted by molar-refractivity contribution is -0.138. The van der Waals surface area contributed by atoms with Crippen LogP contribution in [0.15, 0.2) is 18.2 Å². The Morgan fingerprint density at radius 1 is 0.727 bits per heavy atom. The highest BCUT2D eigenvalue weighted by Crippen LogP contribution is 2.33. The van der Waals surface area contributed by atoms with Gasteiger partial charge in [0, 0.05) is 0 Å². The number of esters is 2. The minimum Gasteiger partial charge on any atom is -0.421 e. The van der Waals surface area contributed by atoms with Crippen molar-refractivity contribution in [2.24, 2.45) is 11.5 Å². The van der Waals surface area contributed by atoms with E-state index in [1.54, 1.807) is 26.0 Å². The van der Waals surface area contributed by atoms with Crippen molar-refractivity contribution in [2.45, 2.75) is 123 Å². The van der Waals surface area contributed by atoms with Crippen molar-refractivity contribution in [3.8, 4) is 11.5 Å². The molecule has 0 saturated carbocycles. The van der Waals surface area contributed by atoms with Crippen LogP contribution in [0.3, 0.4) is 0 Å². The van der Waals surface area contributed by atoms with Crippen LogP contribution in [-0.2, 0) is 16.0 Å². The molecular formula is C27H46N2O4. The number of benzene rings is 1. The largest absolute Gasteiger partial charge is 0.421 e. The lowest BCUT2D eigenvalue weighted by Crippen LogP contribution is -2.32. The molecule has 4 N–H and O–H groups in total. The maximum atomic E-state index is 12.1. The predicted octanol–water partition coefficient (Wildman–Crippen LogP) is 5.83. The molecule has 6 heteroatoms. The number of aryl methyl sites for hydroxylation is 1. The van der Waals surface area contributed by atoms with Crippen molar-refractivity contribution in [2.75, 3.05) is 0 Å². The van der Waals surface area contributed by atoms with E-state index < -0.39 is 24.0 Å². The van der Waals surface area contributed by atoms with Crippen molar-refractivity contribution in [1.82, 2.24) is 0 Å². The van der Waals surface area contributed by atoms with Gasteiger partial charge in [-0.2, -0.15) is 0 Å². The van der Waals surface area contributed by atoms with Crippen LogP contribution in [0.1, 0.15) is 110 Å². The van der Waals surface area contributed by atoms with Crippen LogP contribution in [0.4, 0.5) is 0 Å². The van der Waals surface area contributed by atoms with E-state index in [-0.39, 0.29) is 11.5 Å². The average molecular weight is 463 g/mol. The molecule has 0 radical (unpaired) electrons. The Morgan fingerprint density at radius 2 is 1.18 bits per heavy atom. The first-order chi connectivity index (χ1) is 15.9. The number of hydrogen-bond acceptors (Lipinski definition) is 6. The maximum Gasteiger partial charge on any atom is 0.328 e. The first kappa shape index (κ1) is 29.1. The summed E-state index contributed by atoms with van der Waals surface area (Å²) in [4.78, 5) is 24.1. The zero-order valence-corrected chi connectivity index (χ0v) is 21.1. The molecule has 188 valence electrons. The highest BCUT2D eigenvalue weighted by atomic mass is 16.6. The van der Waals surface area contributed by atoms with Gasteiger partial charge in [0.1, 0.15) is 12.1 Å². The smallest absolute Gasteiger partial charge is 0.328 e. The Morgan fingerprint density at radius 3 is 1.67 bits per heavy atom. The lowest BCUT2D eigenvalue weighted by atomic mass is 10.0. The fraction of sp³-hybridized carbons (Fsp3) is 0.704. The molecule has 0 amide bonds. The van der Waals surface area contributed by atoms with E-state index in [2.05, 4.69) is 6.92 Å². The van der Waals surface area contributed by atoms with Gasteiger partial charge in [0.25, 0.3) is 0 Å². The molecule has 0 bridgehead atoms. The molecule has 33 heavy (non-hydrogen) atoms. The van der Waals surface area contributed by atoms with Crippen LogP contribution in [0.25, 0.3) is 0 Å². The van der Waals surface area contributed by atoms with E-state index in [1.807, 2.05) is 6.07 Å². The SMILES string of the molecule is CCCCCCCCCCCCCCCc1cccc(OC(=O)C(C)N)c1OC(=O)C(C)N. The molecule has 0 aliphatic carbocycles. The van der Waals surface area contributed by atoms with Gasteiger partial charge >= 0.3 is 11.9 Å². The van der Waals surface area contributed by atoms with Crippen LogP contribution >= 0.6 is 0 Å². The fourth-order valence-corrected chi connectivity index (χ4v) is 3.68. The molecule has 1 rings (SSSR count). The second kappa shape index (κ2) is 17.5. The Kier molecular flexibility index (Phi) is 15.5. The van der Waals surface area contributed by atoms with Crippen LogP contribution in [0, 0.1) is 0 Å². The summed E-state index contributed by atoms with van der Waals surface area (Å²) in [5, 5.41) is 0. The van der Waals surface area contributed by atoms with Crippen molar-refractivity contribution in [3.63, 3.8) is 0 Å². The number of carbonyl (C=O) groups is 2. The van der Waals surface area contributed by atoms with Crippen LogP contribution in [0.5, 0.6) is 11.5 Å². The Labute approximate surface area is 200 Å². The van der Waals surface area contributed by atoms with E-state index in [1.165, 1.54) is 70.6 Å². The van der Waals surface area contributed by atoms with Crippen molar-refractivity contribution >= 4 is 11.9 Å². The third-order valence-electron chi connectivity index (χ3n) is 5.77. The van der Waals surface area contributed by atoms with E-state index in [0.717, 1.165) is 24.8 Å². The second-order valence-electron chi connectivity index (χ2n) is 9.16. The van der Waals surface area contributed by atoms with Crippen molar-refractivity contribution < 1.29 is 19.1 Å². The first-order valence-corrected chi connectivity index (χ1v) is 12.9. The third-order valence-corrected chi connectivity index (χ3v) is 5.77. The highest BCUT2D eigenvalue weighted by Gasteiger charge is 2.20. The molecular weight excluding hydrogens is 416 g/mol. The van der Waals surface area contributed by atoms with Crippen molar-refractivity contribution in [3.05, 3.63) is 23.8 Å². The van der Waals surface area contributed by atoms with Gasteiger partial charge in [-0.05, 0) is 38.3 Å². The maximum absolute atomic E-state index is 12.1. The predicted molar refractivity (Wildman–Crippen MR) is 134 cm³/mol. The summed E-state index contributed by atoms with van der Waals surface area (Å²) in [7, 11) is 0. The first-order valence-electron chi connectivity index (χ1n) is 12.9. The summed E-state index contributed by atoms with van der Waals surface area (Å²) in [5.74, 6) is -0.664. The quantitative estimate of drug-likeness (QED) is 0.162. The minimum atomic E-state index is -0.772. The van der Waals surface area contributed by atoms with Gasteiger partial charge in [-0.25, -0.2) is 9.59 Å². The topological polar surface area (TPSA) is 105 Å². The average Bonchev–Trinajstić information content (AvgIpc) is 2.78. The van der Waals surface area contributed by atoms with Crippen LogP contribution in [-0.4, -0.2) is 24.0 Å². The number of unbranched alkanes of at least 4 members (excludes halogenated alkanes) is 12. The standard InChI is InChI=1S/C27H46N2O4/c1-4-5-6-7-8-9-10-11-12-13-14-15-16-18-23-19-17-20-24(32-26(30)21(2)28)25(23)33-27(31)22(3)29/h17,19-22H,4-16,18,28-29H2,1-3H3. The highest BCUT2D eigenvalue weighted by molar-refractivity contribution is 5.81. The Bertz CT molecular complexity index is 689. The second-order valence-corrected chi connectivity index (χ2v) is 9.16. The number of hydrogen-bond donors (Lipinski definition) is 2. The Balaban J connectivity index is 2.43. The summed E-state index contributed by atoms with van der Waals surface area (Å²) in [5.41, 5.74) is 12.1. The summed E-state index contributed by atoms with van der Waals surface area (Å²) in [6, 6.07) is 3.76. The molecule has 6 nitrogen and oxygen atoms in total. The molecule has 2 atom stereocenters. The van der Waals surface area contributed by atoms with E-state index in [9.17, 15) is 9.59 Å². The van der Waals surface area contributed by atoms with E-state index >= 15 is 0 Å². The molecule has 0 fully saturated rings. The summed E-state index contributed by atoms with van der Waals surface area (Å²) >= 11 is 0. The zero-order valence-electron chi connectivity index (χ0n) is 21.1. The number of nitrogens with two attached hydrogens (primary N) is 2. The lowest BCUT2D eigenvalue weighted by Gasteiger charge is -2.16. The van der Waals surface area contributed by atoms with Crippen LogP contribution in [0.2, 0.25) is 0 Å². The minimum absolute atomic E-state index is 0.207. The number of carbonyl (C=O) groups excluding carboxylic acids is 2. The molecule has 0 heterocycles. The van der Waals surface area contributed by atoms with Crippen LogP contribution < -0.4 is 20.9 Å².